The van der Waals surface area contributed by atoms with Gasteiger partial charge in [-0.25, -0.2) is 0 Å². The van der Waals surface area contributed by atoms with Crippen LogP contribution in [0.3, 0.4) is 0 Å². The summed E-state index contributed by atoms with van der Waals surface area (Å²) in [4.78, 5) is 0. The third kappa shape index (κ3) is 4.94. The molecular weight excluding hydrogens is 440 g/mol. The number of benzene rings is 6. The van der Waals surface area contributed by atoms with E-state index in [0.29, 0.717) is 13.2 Å². The number of ether oxygens (including phenoxy) is 2. The van der Waals surface area contributed by atoms with E-state index in [-0.39, 0.29) is 0 Å². The smallest absolute Gasteiger partial charge is 0.120 e. The molecular formula is C34H26O2. The van der Waals surface area contributed by atoms with Crippen molar-refractivity contribution in [2.75, 3.05) is 0 Å². The molecule has 0 heterocycles. The molecule has 6 aromatic carbocycles. The lowest BCUT2D eigenvalue weighted by Crippen LogP contribution is -1.96. The Morgan fingerprint density at radius 2 is 0.750 bits per heavy atom. The number of hydrogen-bond acceptors (Lipinski definition) is 2. The maximum absolute atomic E-state index is 6.03. The van der Waals surface area contributed by atoms with Crippen molar-refractivity contribution < 1.29 is 9.47 Å². The molecule has 2 nitrogen and oxygen atoms in total. The summed E-state index contributed by atoms with van der Waals surface area (Å²) in [5.74, 6) is 1.78. The lowest BCUT2D eigenvalue weighted by molar-refractivity contribution is 0.306. The van der Waals surface area contributed by atoms with Gasteiger partial charge < -0.3 is 9.47 Å². The highest BCUT2D eigenvalue weighted by Crippen LogP contribution is 2.25. The van der Waals surface area contributed by atoms with E-state index < -0.39 is 0 Å². The minimum atomic E-state index is 0.545. The Morgan fingerprint density at radius 1 is 0.361 bits per heavy atom. The van der Waals surface area contributed by atoms with Crippen LogP contribution in [0.5, 0.6) is 11.5 Å². The number of rotatable bonds is 7. The molecule has 0 amide bonds. The topological polar surface area (TPSA) is 18.5 Å². The average Bonchev–Trinajstić information content (AvgIpc) is 2.95. The van der Waals surface area contributed by atoms with E-state index in [1.54, 1.807) is 0 Å². The number of fused-ring (bicyclic) bond motifs is 2. The molecule has 0 N–H and O–H groups in total. The van der Waals surface area contributed by atoms with Crippen LogP contribution in [0.1, 0.15) is 11.1 Å². The normalized spacial score (nSPS) is 11.0. The first kappa shape index (κ1) is 21.9. The highest BCUT2D eigenvalue weighted by molar-refractivity contribution is 5.84. The van der Waals surface area contributed by atoms with Gasteiger partial charge in [0.1, 0.15) is 24.7 Å². The fraction of sp³-hybridized carbons (Fsp3) is 0.0588. The van der Waals surface area contributed by atoms with E-state index >= 15 is 0 Å². The minimum Gasteiger partial charge on any atom is -0.489 e. The minimum absolute atomic E-state index is 0.545. The van der Waals surface area contributed by atoms with E-state index in [1.165, 1.54) is 32.7 Å². The summed E-state index contributed by atoms with van der Waals surface area (Å²) in [5, 5.41) is 4.83. The van der Waals surface area contributed by atoms with Crippen molar-refractivity contribution in [3.05, 3.63) is 145 Å². The molecule has 0 saturated carbocycles. The molecule has 0 fully saturated rings. The van der Waals surface area contributed by atoms with Gasteiger partial charge in [0.05, 0.1) is 0 Å². The highest BCUT2D eigenvalue weighted by Gasteiger charge is 2.03. The summed E-state index contributed by atoms with van der Waals surface area (Å²) >= 11 is 0. The van der Waals surface area contributed by atoms with Crippen LogP contribution in [0.25, 0.3) is 32.7 Å². The van der Waals surface area contributed by atoms with Gasteiger partial charge in [0.25, 0.3) is 0 Å². The molecule has 0 aliphatic carbocycles. The summed E-state index contributed by atoms with van der Waals surface area (Å²) in [6, 6.07) is 46.2. The Kier molecular flexibility index (Phi) is 6.08. The predicted octanol–water partition coefficient (Wildman–Crippen LogP) is 8.82. The quantitative estimate of drug-likeness (QED) is 0.234. The molecule has 6 rings (SSSR count). The monoisotopic (exact) mass is 466 g/mol. The van der Waals surface area contributed by atoms with Crippen molar-refractivity contribution in [1.82, 2.24) is 0 Å². The van der Waals surface area contributed by atoms with Gasteiger partial charge in [-0.1, -0.05) is 109 Å². The molecule has 0 unspecified atom stereocenters. The van der Waals surface area contributed by atoms with E-state index in [0.717, 1.165) is 22.6 Å². The van der Waals surface area contributed by atoms with Crippen LogP contribution in [0, 0.1) is 0 Å². The lowest BCUT2D eigenvalue weighted by Gasteiger charge is -2.10. The largest absolute Gasteiger partial charge is 0.489 e. The van der Waals surface area contributed by atoms with Gasteiger partial charge in [0, 0.05) is 0 Å². The molecule has 0 saturated heterocycles. The summed E-state index contributed by atoms with van der Waals surface area (Å²) in [7, 11) is 0. The standard InChI is InChI=1S/C34H26O2/c1-3-7-31-21-33(19-17-27(31)5-1)35-23-25-9-13-29(14-10-25)30-15-11-26(12-16-30)24-36-34-20-18-28-6-2-4-8-32(28)22-34/h1-22H,23-24H2. The molecule has 0 atom stereocenters. The third-order valence-corrected chi connectivity index (χ3v) is 6.49. The molecule has 0 spiro atoms. The summed E-state index contributed by atoms with van der Waals surface area (Å²) in [5.41, 5.74) is 4.66. The maximum atomic E-state index is 6.03. The van der Waals surface area contributed by atoms with E-state index in [2.05, 4.69) is 121 Å². The Morgan fingerprint density at radius 3 is 1.17 bits per heavy atom. The van der Waals surface area contributed by atoms with Crippen molar-refractivity contribution in [3.8, 4) is 22.6 Å². The first-order chi connectivity index (χ1) is 17.8. The van der Waals surface area contributed by atoms with Crippen LogP contribution in [0.15, 0.2) is 133 Å². The van der Waals surface area contributed by atoms with Crippen molar-refractivity contribution in [3.63, 3.8) is 0 Å². The fourth-order valence-electron chi connectivity index (χ4n) is 4.43. The Bertz CT molecular complexity index is 1490. The number of hydrogen-bond donors (Lipinski definition) is 0. The molecule has 174 valence electrons. The maximum Gasteiger partial charge on any atom is 0.120 e. The molecule has 6 aromatic rings. The van der Waals surface area contributed by atoms with Crippen LogP contribution in [0.2, 0.25) is 0 Å². The zero-order valence-electron chi connectivity index (χ0n) is 19.9. The second-order valence-electron chi connectivity index (χ2n) is 8.99. The van der Waals surface area contributed by atoms with Gasteiger partial charge in [0.2, 0.25) is 0 Å². The van der Waals surface area contributed by atoms with Gasteiger partial charge in [-0.2, -0.15) is 0 Å². The highest BCUT2D eigenvalue weighted by atomic mass is 16.5. The summed E-state index contributed by atoms with van der Waals surface area (Å²) in [6.45, 7) is 1.09. The van der Waals surface area contributed by atoms with Crippen molar-refractivity contribution >= 4 is 21.5 Å². The molecule has 0 bridgehead atoms. The van der Waals surface area contributed by atoms with Crippen LogP contribution in [-0.2, 0) is 13.2 Å². The zero-order valence-corrected chi connectivity index (χ0v) is 19.9. The van der Waals surface area contributed by atoms with Gasteiger partial charge in [0.15, 0.2) is 0 Å². The summed E-state index contributed by atoms with van der Waals surface area (Å²) in [6.07, 6.45) is 0. The van der Waals surface area contributed by atoms with Crippen molar-refractivity contribution in [1.29, 1.82) is 0 Å². The van der Waals surface area contributed by atoms with Crippen molar-refractivity contribution in [2.45, 2.75) is 13.2 Å². The van der Waals surface area contributed by atoms with Gasteiger partial charge in [-0.15, -0.1) is 0 Å². The summed E-state index contributed by atoms with van der Waals surface area (Å²) < 4.78 is 12.1. The Labute approximate surface area is 211 Å². The van der Waals surface area contributed by atoms with E-state index in [4.69, 9.17) is 9.47 Å². The fourth-order valence-corrected chi connectivity index (χ4v) is 4.43. The Balaban J connectivity index is 1.06. The van der Waals surface area contributed by atoms with Crippen LogP contribution in [0.4, 0.5) is 0 Å². The third-order valence-electron chi connectivity index (χ3n) is 6.49. The zero-order chi connectivity index (χ0) is 24.2. The van der Waals surface area contributed by atoms with Gasteiger partial charge in [-0.3, -0.25) is 0 Å². The van der Waals surface area contributed by atoms with Gasteiger partial charge in [-0.05, 0) is 68.1 Å². The van der Waals surface area contributed by atoms with Crippen LogP contribution >= 0.6 is 0 Å². The van der Waals surface area contributed by atoms with E-state index in [9.17, 15) is 0 Å². The lowest BCUT2D eigenvalue weighted by atomic mass is 10.0. The molecule has 0 radical (unpaired) electrons. The van der Waals surface area contributed by atoms with E-state index in [1.807, 2.05) is 12.1 Å². The Hall–Kier alpha value is -4.56. The first-order valence-electron chi connectivity index (χ1n) is 12.2. The SMILES string of the molecule is c1ccc2cc(OCc3ccc(-c4ccc(COc5ccc6ccccc6c5)cc4)cc3)ccc2c1. The molecule has 0 aliphatic heterocycles. The van der Waals surface area contributed by atoms with Crippen LogP contribution in [-0.4, -0.2) is 0 Å². The average molecular weight is 467 g/mol. The second kappa shape index (κ2) is 9.97. The molecule has 0 aliphatic rings. The predicted molar refractivity (Wildman–Crippen MR) is 148 cm³/mol. The molecule has 0 aromatic heterocycles. The molecule has 2 heteroatoms. The second-order valence-corrected chi connectivity index (χ2v) is 8.99. The van der Waals surface area contributed by atoms with Crippen molar-refractivity contribution in [2.24, 2.45) is 0 Å². The molecule has 36 heavy (non-hydrogen) atoms. The first-order valence-corrected chi connectivity index (χ1v) is 12.2. The van der Waals surface area contributed by atoms with Crippen LogP contribution < -0.4 is 9.47 Å². The van der Waals surface area contributed by atoms with Gasteiger partial charge >= 0.3 is 0 Å².